The molecule has 0 radical (unpaired) electrons. The summed E-state index contributed by atoms with van der Waals surface area (Å²) in [5.74, 6) is -1.28. The van der Waals surface area contributed by atoms with Gasteiger partial charge in [0.2, 0.25) is 0 Å². The number of benzene rings is 1. The van der Waals surface area contributed by atoms with Crippen LogP contribution in [0.25, 0.3) is 0 Å². The van der Waals surface area contributed by atoms with Crippen molar-refractivity contribution in [2.45, 2.75) is 64.7 Å². The maximum absolute atomic E-state index is 13.7. The standard InChI is InChI=1S/C24H32N3O10P/c1-14(2)22(30)16(4)35-23(31)15(3)26-38(33,37-17-8-6-5-7-9-17)34-13-19-18(28)12-21(36-19)27-11-10-20(29)25-24(27)32/h5-11,14-16,18-19,21,28H,12-13H2,1-4H3,(H,26,33)(H,25,29,32)/t15-,16-,18+,19-,21-,38-/m0/s1. The van der Waals surface area contributed by atoms with E-state index in [9.17, 15) is 28.8 Å². The number of ketones is 1. The molecule has 0 bridgehead atoms. The van der Waals surface area contributed by atoms with E-state index in [4.69, 9.17) is 18.5 Å². The first kappa shape index (κ1) is 29.5. The highest BCUT2D eigenvalue weighted by molar-refractivity contribution is 7.52. The van der Waals surface area contributed by atoms with Crippen molar-refractivity contribution in [3.05, 3.63) is 63.4 Å². The van der Waals surface area contributed by atoms with Gasteiger partial charge in [-0.05, 0) is 26.0 Å². The van der Waals surface area contributed by atoms with Crippen LogP contribution in [0.15, 0.2) is 52.2 Å². The van der Waals surface area contributed by atoms with Crippen molar-refractivity contribution < 1.29 is 37.8 Å². The van der Waals surface area contributed by atoms with Crippen molar-refractivity contribution in [3.8, 4) is 5.75 Å². The molecule has 3 rings (SSSR count). The summed E-state index contributed by atoms with van der Waals surface area (Å²) in [5, 5.41) is 13.0. The first-order valence-corrected chi connectivity index (χ1v) is 13.6. The van der Waals surface area contributed by atoms with Crippen LogP contribution in [0.4, 0.5) is 0 Å². The van der Waals surface area contributed by atoms with Crippen molar-refractivity contribution in [1.82, 2.24) is 14.6 Å². The molecule has 1 aliphatic rings. The number of aromatic nitrogens is 2. The zero-order chi connectivity index (χ0) is 28.0. The fraction of sp³-hybridized carbons (Fsp3) is 0.500. The third-order valence-electron chi connectivity index (χ3n) is 5.71. The number of nitrogens with zero attached hydrogens (tertiary/aromatic N) is 1. The molecule has 1 aliphatic heterocycles. The van der Waals surface area contributed by atoms with E-state index in [1.165, 1.54) is 32.2 Å². The van der Waals surface area contributed by atoms with E-state index in [2.05, 4.69) is 10.1 Å². The number of rotatable bonds is 12. The van der Waals surface area contributed by atoms with E-state index < -0.39 is 62.2 Å². The smallest absolute Gasteiger partial charge is 0.453 e. The molecule has 0 saturated carbocycles. The summed E-state index contributed by atoms with van der Waals surface area (Å²) in [6.45, 7) is 5.76. The maximum atomic E-state index is 13.7. The Hall–Kier alpha value is -3.09. The lowest BCUT2D eigenvalue weighted by Crippen LogP contribution is -2.39. The summed E-state index contributed by atoms with van der Waals surface area (Å²) in [5.41, 5.74) is -1.29. The molecule has 0 unspecified atom stereocenters. The number of esters is 1. The quantitative estimate of drug-likeness (QED) is 0.257. The van der Waals surface area contributed by atoms with Gasteiger partial charge < -0.3 is 19.1 Å². The number of carbonyl (C=O) groups excluding carboxylic acids is 2. The molecule has 2 heterocycles. The molecule has 1 aromatic carbocycles. The second kappa shape index (κ2) is 12.6. The van der Waals surface area contributed by atoms with Crippen LogP contribution in [-0.4, -0.2) is 57.4 Å². The molecule has 14 heteroatoms. The van der Waals surface area contributed by atoms with Gasteiger partial charge in [0.1, 0.15) is 24.1 Å². The molecule has 38 heavy (non-hydrogen) atoms. The van der Waals surface area contributed by atoms with E-state index in [0.29, 0.717) is 0 Å². The summed E-state index contributed by atoms with van der Waals surface area (Å²) in [4.78, 5) is 50.2. The van der Waals surface area contributed by atoms with Crippen LogP contribution in [0.3, 0.4) is 0 Å². The van der Waals surface area contributed by atoms with Crippen LogP contribution in [0, 0.1) is 5.92 Å². The van der Waals surface area contributed by atoms with Crippen LogP contribution in [0.1, 0.15) is 40.3 Å². The molecule has 3 N–H and O–H groups in total. The minimum Gasteiger partial charge on any atom is -0.453 e. The normalized spacial score (nSPS) is 22.4. The molecular weight excluding hydrogens is 521 g/mol. The van der Waals surface area contributed by atoms with Crippen LogP contribution in [0.5, 0.6) is 5.75 Å². The Labute approximate surface area is 218 Å². The Balaban J connectivity index is 1.71. The summed E-state index contributed by atoms with van der Waals surface area (Å²) in [6, 6.07) is 8.02. The van der Waals surface area contributed by atoms with Crippen LogP contribution in [-0.2, 0) is 28.2 Å². The predicted molar refractivity (Wildman–Crippen MR) is 134 cm³/mol. The van der Waals surface area contributed by atoms with Gasteiger partial charge in [-0.15, -0.1) is 0 Å². The number of aromatic amines is 1. The van der Waals surface area contributed by atoms with E-state index in [-0.39, 0.29) is 23.9 Å². The zero-order valence-electron chi connectivity index (χ0n) is 21.4. The van der Waals surface area contributed by atoms with E-state index in [1.54, 1.807) is 32.0 Å². The molecule has 0 amide bonds. The molecular formula is C24H32N3O10P. The Morgan fingerprint density at radius 1 is 1.18 bits per heavy atom. The van der Waals surface area contributed by atoms with Crippen LogP contribution < -0.4 is 20.9 Å². The molecule has 0 spiro atoms. The lowest BCUT2D eigenvalue weighted by Gasteiger charge is -2.25. The number of nitrogens with one attached hydrogen (secondary N) is 2. The highest BCUT2D eigenvalue weighted by Gasteiger charge is 2.39. The number of aliphatic hydroxyl groups is 1. The van der Waals surface area contributed by atoms with Gasteiger partial charge >= 0.3 is 19.4 Å². The van der Waals surface area contributed by atoms with Gasteiger partial charge in [0, 0.05) is 24.6 Å². The molecule has 1 saturated heterocycles. The van der Waals surface area contributed by atoms with Gasteiger partial charge in [0.15, 0.2) is 11.9 Å². The fourth-order valence-electron chi connectivity index (χ4n) is 3.67. The van der Waals surface area contributed by atoms with Crippen molar-refractivity contribution in [2.24, 2.45) is 5.92 Å². The first-order chi connectivity index (χ1) is 17.9. The SMILES string of the molecule is CC(C)C(=O)[C@H](C)OC(=O)[C@H](C)N[P@](=O)(OC[C@@H]1O[C@H](n2ccc(=O)[nH]c2=O)C[C@H]1O)Oc1ccccc1. The zero-order valence-corrected chi connectivity index (χ0v) is 22.3. The van der Waals surface area contributed by atoms with Crippen molar-refractivity contribution in [1.29, 1.82) is 0 Å². The van der Waals surface area contributed by atoms with Crippen molar-refractivity contribution in [3.63, 3.8) is 0 Å². The average molecular weight is 554 g/mol. The number of Topliss-reactive ketones (excluding diaryl/α,β-unsaturated/α-hetero) is 1. The topological polar surface area (TPSA) is 175 Å². The number of hydrogen-bond donors (Lipinski definition) is 3. The maximum Gasteiger partial charge on any atom is 0.459 e. The average Bonchev–Trinajstić information content (AvgIpc) is 3.22. The number of hydrogen-bond acceptors (Lipinski definition) is 10. The van der Waals surface area contributed by atoms with Crippen LogP contribution in [0.2, 0.25) is 0 Å². The third kappa shape index (κ3) is 7.71. The molecule has 0 aliphatic carbocycles. The number of para-hydroxylation sites is 1. The molecule has 208 valence electrons. The van der Waals surface area contributed by atoms with Crippen LogP contribution >= 0.6 is 7.75 Å². The summed E-state index contributed by atoms with van der Waals surface area (Å²) >= 11 is 0. The Kier molecular flexibility index (Phi) is 9.80. The Morgan fingerprint density at radius 2 is 1.87 bits per heavy atom. The first-order valence-electron chi connectivity index (χ1n) is 12.0. The number of H-pyrrole nitrogens is 1. The van der Waals surface area contributed by atoms with E-state index in [1.807, 2.05) is 0 Å². The van der Waals surface area contributed by atoms with Gasteiger partial charge in [-0.1, -0.05) is 32.0 Å². The monoisotopic (exact) mass is 553 g/mol. The number of ether oxygens (including phenoxy) is 2. The number of aliphatic hydroxyl groups excluding tert-OH is 1. The molecule has 13 nitrogen and oxygen atoms in total. The largest absolute Gasteiger partial charge is 0.459 e. The minimum atomic E-state index is -4.27. The molecule has 1 aromatic heterocycles. The fourth-order valence-corrected chi connectivity index (χ4v) is 5.17. The molecule has 1 fully saturated rings. The minimum absolute atomic E-state index is 0.00173. The van der Waals surface area contributed by atoms with Gasteiger partial charge in [-0.2, -0.15) is 5.09 Å². The second-order valence-electron chi connectivity index (χ2n) is 9.13. The Bertz CT molecular complexity index is 1280. The van der Waals surface area contributed by atoms with Gasteiger partial charge in [-0.3, -0.25) is 28.5 Å². The summed E-state index contributed by atoms with van der Waals surface area (Å²) < 4.78 is 36.8. The number of carbonyl (C=O) groups is 2. The van der Waals surface area contributed by atoms with Gasteiger partial charge in [-0.25, -0.2) is 9.36 Å². The highest BCUT2D eigenvalue weighted by atomic mass is 31.2. The van der Waals surface area contributed by atoms with Gasteiger partial charge in [0.25, 0.3) is 5.56 Å². The van der Waals surface area contributed by atoms with E-state index in [0.717, 1.165) is 10.6 Å². The van der Waals surface area contributed by atoms with Gasteiger partial charge in [0.05, 0.1) is 12.7 Å². The summed E-state index contributed by atoms with van der Waals surface area (Å²) in [6.07, 6.45) is -2.78. The molecule has 2 aromatic rings. The highest BCUT2D eigenvalue weighted by Crippen LogP contribution is 2.46. The Morgan fingerprint density at radius 3 is 2.50 bits per heavy atom. The predicted octanol–water partition coefficient (Wildman–Crippen LogP) is 1.52. The second-order valence-corrected chi connectivity index (χ2v) is 10.8. The third-order valence-corrected chi connectivity index (χ3v) is 7.35. The lowest BCUT2D eigenvalue weighted by atomic mass is 10.1. The molecule has 6 atom stereocenters. The lowest BCUT2D eigenvalue weighted by molar-refractivity contribution is -0.156. The van der Waals surface area contributed by atoms with E-state index >= 15 is 0 Å². The van der Waals surface area contributed by atoms with Crippen molar-refractivity contribution in [2.75, 3.05) is 6.61 Å². The summed E-state index contributed by atoms with van der Waals surface area (Å²) in [7, 11) is -4.27. The van der Waals surface area contributed by atoms with Crippen molar-refractivity contribution >= 4 is 19.5 Å².